The van der Waals surface area contributed by atoms with Crippen LogP contribution >= 0.6 is 23.4 Å². The van der Waals surface area contributed by atoms with Crippen LogP contribution in [0.15, 0.2) is 59.6 Å². The summed E-state index contributed by atoms with van der Waals surface area (Å²) in [6.07, 6.45) is 0.668. The Balaban J connectivity index is 1.70. The average molecular weight is 317 g/mol. The molecule has 0 saturated carbocycles. The molecule has 0 radical (unpaired) electrons. The molecule has 1 aliphatic heterocycles. The number of halogens is 1. The first-order valence-electron chi connectivity index (χ1n) is 6.56. The van der Waals surface area contributed by atoms with Gasteiger partial charge >= 0.3 is 0 Å². The van der Waals surface area contributed by atoms with Crippen molar-refractivity contribution in [1.82, 2.24) is 5.32 Å². The molecule has 1 N–H and O–H groups in total. The third kappa shape index (κ3) is 3.65. The first-order chi connectivity index (χ1) is 10.2. The molecule has 5 heteroatoms. The molecule has 2 aromatic carbocycles. The summed E-state index contributed by atoms with van der Waals surface area (Å²) >= 11 is 7.34. The standard InChI is InChI=1S/C16H13ClN2OS/c17-12-8-6-11(7-9-12)10-14-15(20)19-16(21-14)18-13-4-2-1-3-5-13/h1-9,14H,10H2,(H,18,19,20)/t14-/m0/s1. The SMILES string of the molecule is O=C1NC(=Nc2ccccc2)S[C@H]1Cc1ccc(Cl)cc1. The third-order valence-electron chi connectivity index (χ3n) is 3.10. The van der Waals surface area contributed by atoms with Crippen LogP contribution in [0.2, 0.25) is 5.02 Å². The molecule has 1 aliphatic rings. The molecule has 3 rings (SSSR count). The Hall–Kier alpha value is -1.78. The molecule has 0 aromatic heterocycles. The second-order valence-corrected chi connectivity index (χ2v) is 6.31. The Kier molecular flexibility index (Phi) is 4.27. The molecule has 1 saturated heterocycles. The summed E-state index contributed by atoms with van der Waals surface area (Å²) in [5, 5.41) is 4.05. The Morgan fingerprint density at radius 2 is 1.81 bits per heavy atom. The summed E-state index contributed by atoms with van der Waals surface area (Å²) in [5.41, 5.74) is 1.93. The first kappa shape index (κ1) is 14.2. The van der Waals surface area contributed by atoms with Crippen molar-refractivity contribution in [3.8, 4) is 0 Å². The molecular weight excluding hydrogens is 304 g/mol. The van der Waals surface area contributed by atoms with Gasteiger partial charge in [-0.25, -0.2) is 4.99 Å². The lowest BCUT2D eigenvalue weighted by Gasteiger charge is -2.05. The molecule has 21 heavy (non-hydrogen) atoms. The zero-order valence-corrected chi connectivity index (χ0v) is 12.7. The van der Waals surface area contributed by atoms with Gasteiger partial charge in [0.15, 0.2) is 5.17 Å². The van der Waals surface area contributed by atoms with Crippen molar-refractivity contribution in [2.24, 2.45) is 4.99 Å². The van der Waals surface area contributed by atoms with Crippen LogP contribution in [0.1, 0.15) is 5.56 Å². The smallest absolute Gasteiger partial charge is 0.239 e. The summed E-state index contributed by atoms with van der Waals surface area (Å²) in [7, 11) is 0. The Labute approximate surface area is 132 Å². The maximum Gasteiger partial charge on any atom is 0.239 e. The maximum absolute atomic E-state index is 12.0. The van der Waals surface area contributed by atoms with Crippen LogP contribution in [0.25, 0.3) is 0 Å². The van der Waals surface area contributed by atoms with Crippen molar-refractivity contribution in [3.63, 3.8) is 0 Å². The number of rotatable bonds is 3. The fourth-order valence-corrected chi connectivity index (χ4v) is 3.20. The summed E-state index contributed by atoms with van der Waals surface area (Å²) in [5.74, 6) is 0.00429. The second kappa shape index (κ2) is 6.33. The van der Waals surface area contributed by atoms with E-state index in [2.05, 4.69) is 10.3 Å². The molecular formula is C16H13ClN2OS. The van der Waals surface area contributed by atoms with E-state index in [1.54, 1.807) is 0 Å². The number of amidine groups is 1. The van der Waals surface area contributed by atoms with Crippen LogP contribution < -0.4 is 5.32 Å². The van der Waals surface area contributed by atoms with E-state index in [1.165, 1.54) is 11.8 Å². The fourth-order valence-electron chi connectivity index (χ4n) is 2.05. The fraction of sp³-hybridized carbons (Fsp3) is 0.125. The molecule has 2 aromatic rings. The maximum atomic E-state index is 12.0. The van der Waals surface area contributed by atoms with Gasteiger partial charge in [0.1, 0.15) is 0 Å². The monoisotopic (exact) mass is 316 g/mol. The minimum absolute atomic E-state index is 0.00429. The minimum Gasteiger partial charge on any atom is -0.304 e. The van der Waals surface area contributed by atoms with Crippen molar-refractivity contribution in [1.29, 1.82) is 0 Å². The topological polar surface area (TPSA) is 41.5 Å². The molecule has 0 aliphatic carbocycles. The number of nitrogens with zero attached hydrogens (tertiary/aromatic N) is 1. The molecule has 0 bridgehead atoms. The lowest BCUT2D eigenvalue weighted by Crippen LogP contribution is -2.25. The van der Waals surface area contributed by atoms with Crippen LogP contribution in [0.5, 0.6) is 0 Å². The number of nitrogens with one attached hydrogen (secondary N) is 1. The first-order valence-corrected chi connectivity index (χ1v) is 7.82. The second-order valence-electron chi connectivity index (χ2n) is 4.68. The molecule has 1 atom stereocenters. The van der Waals surface area contributed by atoms with E-state index in [9.17, 15) is 4.79 Å². The molecule has 1 amide bonds. The Morgan fingerprint density at radius 1 is 1.10 bits per heavy atom. The van der Waals surface area contributed by atoms with Crippen molar-refractivity contribution >= 4 is 40.1 Å². The van der Waals surface area contributed by atoms with E-state index in [0.717, 1.165) is 11.3 Å². The Morgan fingerprint density at radius 3 is 2.52 bits per heavy atom. The van der Waals surface area contributed by atoms with E-state index in [0.29, 0.717) is 16.6 Å². The number of aliphatic imine (C=N–C) groups is 1. The van der Waals surface area contributed by atoms with E-state index in [-0.39, 0.29) is 11.2 Å². The highest BCUT2D eigenvalue weighted by Gasteiger charge is 2.30. The van der Waals surface area contributed by atoms with E-state index < -0.39 is 0 Å². The van der Waals surface area contributed by atoms with Crippen molar-refractivity contribution in [3.05, 3.63) is 65.2 Å². The van der Waals surface area contributed by atoms with Crippen LogP contribution in [0.3, 0.4) is 0 Å². The van der Waals surface area contributed by atoms with Crippen molar-refractivity contribution < 1.29 is 4.79 Å². The number of hydrogen-bond donors (Lipinski definition) is 1. The number of benzene rings is 2. The van der Waals surface area contributed by atoms with Crippen LogP contribution in [0, 0.1) is 0 Å². The van der Waals surface area contributed by atoms with Gasteiger partial charge in [-0.05, 0) is 36.2 Å². The van der Waals surface area contributed by atoms with Gasteiger partial charge in [-0.3, -0.25) is 4.79 Å². The lowest BCUT2D eigenvalue weighted by atomic mass is 10.1. The average Bonchev–Trinajstić information content (AvgIpc) is 2.82. The van der Waals surface area contributed by atoms with Gasteiger partial charge in [0, 0.05) is 5.02 Å². The number of carbonyl (C=O) groups excluding carboxylic acids is 1. The van der Waals surface area contributed by atoms with Crippen molar-refractivity contribution in [2.45, 2.75) is 11.7 Å². The van der Waals surface area contributed by atoms with Gasteiger partial charge < -0.3 is 5.32 Å². The molecule has 1 fully saturated rings. The van der Waals surface area contributed by atoms with E-state index >= 15 is 0 Å². The Bertz CT molecular complexity index is 670. The molecule has 0 spiro atoms. The molecule has 106 valence electrons. The van der Waals surface area contributed by atoms with Gasteiger partial charge in [-0.2, -0.15) is 0 Å². The van der Waals surface area contributed by atoms with E-state index in [1.807, 2.05) is 54.6 Å². The predicted octanol–water partition coefficient (Wildman–Crippen LogP) is 3.80. The quantitative estimate of drug-likeness (QED) is 0.935. The van der Waals surface area contributed by atoms with Crippen molar-refractivity contribution in [2.75, 3.05) is 0 Å². The molecule has 1 heterocycles. The number of amides is 1. The number of hydrogen-bond acceptors (Lipinski definition) is 3. The zero-order chi connectivity index (χ0) is 14.7. The minimum atomic E-state index is -0.145. The van der Waals surface area contributed by atoms with Crippen LogP contribution in [-0.2, 0) is 11.2 Å². The number of carbonyl (C=O) groups is 1. The zero-order valence-electron chi connectivity index (χ0n) is 11.1. The van der Waals surface area contributed by atoms with E-state index in [4.69, 9.17) is 11.6 Å². The largest absolute Gasteiger partial charge is 0.304 e. The summed E-state index contributed by atoms with van der Waals surface area (Å²) < 4.78 is 0. The third-order valence-corrected chi connectivity index (χ3v) is 4.43. The highest BCUT2D eigenvalue weighted by atomic mass is 35.5. The normalized spacial score (nSPS) is 19.8. The number of para-hydroxylation sites is 1. The van der Waals surface area contributed by atoms with Crippen LogP contribution in [-0.4, -0.2) is 16.3 Å². The van der Waals surface area contributed by atoms with Gasteiger partial charge in [-0.15, -0.1) is 0 Å². The number of thioether (sulfide) groups is 1. The predicted molar refractivity (Wildman–Crippen MR) is 88.2 cm³/mol. The van der Waals surface area contributed by atoms with Gasteiger partial charge in [-0.1, -0.05) is 53.7 Å². The highest BCUT2D eigenvalue weighted by molar-refractivity contribution is 8.15. The molecule has 0 unspecified atom stereocenters. The van der Waals surface area contributed by atoms with Gasteiger partial charge in [0.05, 0.1) is 10.9 Å². The van der Waals surface area contributed by atoms with Crippen LogP contribution in [0.4, 0.5) is 5.69 Å². The molecule has 3 nitrogen and oxygen atoms in total. The summed E-state index contributed by atoms with van der Waals surface area (Å²) in [6.45, 7) is 0. The summed E-state index contributed by atoms with van der Waals surface area (Å²) in [6, 6.07) is 17.2. The van der Waals surface area contributed by atoms with Gasteiger partial charge in [0.25, 0.3) is 0 Å². The van der Waals surface area contributed by atoms with Gasteiger partial charge in [0.2, 0.25) is 5.91 Å². The summed E-state index contributed by atoms with van der Waals surface area (Å²) in [4.78, 5) is 16.4. The lowest BCUT2D eigenvalue weighted by molar-refractivity contribution is -0.118. The highest BCUT2D eigenvalue weighted by Crippen LogP contribution is 2.26.